The van der Waals surface area contributed by atoms with Crippen LogP contribution in [0, 0.1) is 0 Å². The van der Waals surface area contributed by atoms with Crippen LogP contribution in [0.3, 0.4) is 0 Å². The van der Waals surface area contributed by atoms with Crippen LogP contribution >= 0.6 is 34.8 Å². The number of rotatable bonds is 4. The van der Waals surface area contributed by atoms with Crippen molar-refractivity contribution in [3.05, 3.63) is 62.6 Å². The number of likely N-dealkylation sites (tertiary alicyclic amines) is 1. The van der Waals surface area contributed by atoms with Crippen LogP contribution in [0.15, 0.2) is 36.4 Å². The zero-order valence-corrected chi connectivity index (χ0v) is 16.2. The van der Waals surface area contributed by atoms with Crippen LogP contribution in [0.4, 0.5) is 0 Å². The number of halogens is 3. The lowest BCUT2D eigenvalue weighted by Gasteiger charge is -2.32. The summed E-state index contributed by atoms with van der Waals surface area (Å²) in [7, 11) is 0. The Morgan fingerprint density at radius 3 is 2.42 bits per heavy atom. The minimum atomic E-state index is -0.376. The third kappa shape index (κ3) is 4.26. The first-order valence-electron chi connectivity index (χ1n) is 8.28. The molecular formula is C19H18Cl3NO3. The number of nitrogens with zero attached hydrogens (tertiary/aromatic N) is 1. The van der Waals surface area contributed by atoms with Gasteiger partial charge in [-0.25, -0.2) is 0 Å². The maximum absolute atomic E-state index is 12.8. The van der Waals surface area contributed by atoms with Crippen molar-refractivity contribution >= 4 is 40.7 Å². The molecule has 0 radical (unpaired) electrons. The lowest BCUT2D eigenvalue weighted by Crippen LogP contribution is -2.41. The van der Waals surface area contributed by atoms with Gasteiger partial charge < -0.3 is 14.7 Å². The minimum absolute atomic E-state index is 0.00355. The van der Waals surface area contributed by atoms with Gasteiger partial charge in [0.05, 0.1) is 27.8 Å². The fourth-order valence-electron chi connectivity index (χ4n) is 2.95. The molecule has 1 fully saturated rings. The molecule has 1 heterocycles. The quantitative estimate of drug-likeness (QED) is 0.702. The average molecular weight is 415 g/mol. The molecule has 2 aromatic carbocycles. The maximum atomic E-state index is 12.8. The molecule has 3 rings (SSSR count). The molecule has 7 heteroatoms. The fourth-order valence-corrected chi connectivity index (χ4v) is 3.64. The number of carbonyl (C=O) groups is 1. The molecule has 1 N–H and O–H groups in total. The average Bonchev–Trinajstić information content (AvgIpc) is 2.66. The first-order valence-corrected chi connectivity index (χ1v) is 9.42. The highest BCUT2D eigenvalue weighted by molar-refractivity contribution is 6.45. The van der Waals surface area contributed by atoms with Gasteiger partial charge in [0.15, 0.2) is 0 Å². The number of ether oxygens (including phenoxy) is 1. The molecule has 0 bridgehead atoms. The van der Waals surface area contributed by atoms with Crippen molar-refractivity contribution in [1.29, 1.82) is 0 Å². The van der Waals surface area contributed by atoms with Crippen molar-refractivity contribution in [3.8, 4) is 5.75 Å². The van der Waals surface area contributed by atoms with E-state index in [9.17, 15) is 9.90 Å². The van der Waals surface area contributed by atoms with E-state index in [2.05, 4.69) is 0 Å². The standard InChI is InChI=1S/C19H18Cl3NO3/c20-14-10-15(21)18(24)16(17(14)22)19(25)23-8-6-13(7-9-23)26-11-12-4-2-1-3-5-12/h1-5,10,13,24H,6-9,11H2. The van der Waals surface area contributed by atoms with Crippen molar-refractivity contribution < 1.29 is 14.6 Å². The van der Waals surface area contributed by atoms with E-state index in [1.807, 2.05) is 30.3 Å². The van der Waals surface area contributed by atoms with Gasteiger partial charge in [-0.1, -0.05) is 65.1 Å². The molecular weight excluding hydrogens is 397 g/mol. The zero-order chi connectivity index (χ0) is 18.7. The first-order chi connectivity index (χ1) is 12.5. The summed E-state index contributed by atoms with van der Waals surface area (Å²) in [6, 6.07) is 11.3. The fraction of sp³-hybridized carbons (Fsp3) is 0.316. The highest BCUT2D eigenvalue weighted by atomic mass is 35.5. The van der Waals surface area contributed by atoms with Crippen molar-refractivity contribution in [1.82, 2.24) is 4.90 Å². The molecule has 1 amide bonds. The van der Waals surface area contributed by atoms with Crippen LogP contribution < -0.4 is 0 Å². The number of phenols is 1. The van der Waals surface area contributed by atoms with Crippen LogP contribution in [0.5, 0.6) is 5.75 Å². The summed E-state index contributed by atoms with van der Waals surface area (Å²) in [5.74, 6) is -0.716. The lowest BCUT2D eigenvalue weighted by atomic mass is 10.1. The first kappa shape index (κ1) is 19.3. The van der Waals surface area contributed by atoms with Crippen LogP contribution in [0.1, 0.15) is 28.8 Å². The van der Waals surface area contributed by atoms with Gasteiger partial charge in [-0.15, -0.1) is 0 Å². The van der Waals surface area contributed by atoms with Gasteiger partial charge >= 0.3 is 0 Å². The van der Waals surface area contributed by atoms with Crippen LogP contribution in [-0.2, 0) is 11.3 Å². The second-order valence-electron chi connectivity index (χ2n) is 6.17. The number of phenolic OH excluding ortho intramolecular Hbond substituents is 1. The maximum Gasteiger partial charge on any atom is 0.259 e. The Balaban J connectivity index is 1.61. The number of hydrogen-bond acceptors (Lipinski definition) is 3. The van der Waals surface area contributed by atoms with E-state index in [4.69, 9.17) is 39.5 Å². The highest BCUT2D eigenvalue weighted by Crippen LogP contribution is 2.39. The monoisotopic (exact) mass is 413 g/mol. The molecule has 1 aliphatic rings. The molecule has 0 saturated carbocycles. The van der Waals surface area contributed by atoms with Crippen LogP contribution in [0.25, 0.3) is 0 Å². The highest BCUT2D eigenvalue weighted by Gasteiger charge is 2.29. The molecule has 0 spiro atoms. The number of piperidine rings is 1. The summed E-state index contributed by atoms with van der Waals surface area (Å²) >= 11 is 18.0. The van der Waals surface area contributed by atoms with Gasteiger partial charge in [0.1, 0.15) is 11.3 Å². The topological polar surface area (TPSA) is 49.8 Å². The molecule has 138 valence electrons. The Morgan fingerprint density at radius 1 is 1.12 bits per heavy atom. The predicted molar refractivity (Wildman–Crippen MR) is 103 cm³/mol. The summed E-state index contributed by atoms with van der Waals surface area (Å²) in [6.45, 7) is 1.58. The SMILES string of the molecule is O=C(c1c(O)c(Cl)cc(Cl)c1Cl)N1CCC(OCc2ccccc2)CC1. The summed E-state index contributed by atoms with van der Waals surface area (Å²) in [6.07, 6.45) is 1.52. The molecule has 4 nitrogen and oxygen atoms in total. The van der Waals surface area contributed by atoms with Crippen molar-refractivity contribution in [2.75, 3.05) is 13.1 Å². The van der Waals surface area contributed by atoms with Gasteiger partial charge in [-0.05, 0) is 24.5 Å². The molecule has 0 unspecified atom stereocenters. The summed E-state index contributed by atoms with van der Waals surface area (Å²) in [5, 5.41) is 10.3. The van der Waals surface area contributed by atoms with Gasteiger partial charge in [0.2, 0.25) is 0 Å². The Morgan fingerprint density at radius 2 is 1.77 bits per heavy atom. The number of amides is 1. The summed E-state index contributed by atoms with van der Waals surface area (Å²) < 4.78 is 5.93. The molecule has 0 aliphatic carbocycles. The second kappa shape index (κ2) is 8.49. The van der Waals surface area contributed by atoms with E-state index in [0.717, 1.165) is 5.56 Å². The third-order valence-corrected chi connectivity index (χ3v) is 5.49. The van der Waals surface area contributed by atoms with Gasteiger partial charge in [-0.3, -0.25) is 4.79 Å². The largest absolute Gasteiger partial charge is 0.505 e. The number of carbonyl (C=O) groups excluding carboxylic acids is 1. The Hall–Kier alpha value is -1.46. The van der Waals surface area contributed by atoms with Crippen LogP contribution in [0.2, 0.25) is 15.1 Å². The molecule has 2 aromatic rings. The van der Waals surface area contributed by atoms with Crippen molar-refractivity contribution in [2.45, 2.75) is 25.6 Å². The number of benzene rings is 2. The van der Waals surface area contributed by atoms with Gasteiger partial charge in [0.25, 0.3) is 5.91 Å². The zero-order valence-electron chi connectivity index (χ0n) is 13.9. The Labute approximate surface area is 167 Å². The van der Waals surface area contributed by atoms with Crippen LogP contribution in [-0.4, -0.2) is 35.1 Å². The van der Waals surface area contributed by atoms with E-state index in [0.29, 0.717) is 32.5 Å². The molecule has 0 atom stereocenters. The van der Waals surface area contributed by atoms with E-state index in [1.165, 1.54) is 6.07 Å². The van der Waals surface area contributed by atoms with Crippen molar-refractivity contribution in [2.24, 2.45) is 0 Å². The number of hydrogen-bond donors (Lipinski definition) is 1. The molecule has 1 aliphatic heterocycles. The van der Waals surface area contributed by atoms with E-state index in [-0.39, 0.29) is 38.4 Å². The molecule has 1 saturated heterocycles. The number of aromatic hydroxyl groups is 1. The lowest BCUT2D eigenvalue weighted by molar-refractivity contribution is -0.000423. The van der Waals surface area contributed by atoms with E-state index < -0.39 is 0 Å². The van der Waals surface area contributed by atoms with Gasteiger partial charge in [0, 0.05) is 13.1 Å². The smallest absolute Gasteiger partial charge is 0.259 e. The van der Waals surface area contributed by atoms with Crippen molar-refractivity contribution in [3.63, 3.8) is 0 Å². The normalized spacial score (nSPS) is 15.3. The third-order valence-electron chi connectivity index (χ3n) is 4.42. The van der Waals surface area contributed by atoms with Gasteiger partial charge in [-0.2, -0.15) is 0 Å². The predicted octanol–water partition coefficient (Wildman–Crippen LogP) is 5.17. The van der Waals surface area contributed by atoms with E-state index >= 15 is 0 Å². The second-order valence-corrected chi connectivity index (χ2v) is 7.36. The summed E-state index contributed by atoms with van der Waals surface area (Å²) in [5.41, 5.74) is 1.07. The molecule has 0 aromatic heterocycles. The Kier molecular flexibility index (Phi) is 6.30. The Bertz CT molecular complexity index is 764. The summed E-state index contributed by atoms with van der Waals surface area (Å²) in [4.78, 5) is 14.4. The molecule has 26 heavy (non-hydrogen) atoms. The minimum Gasteiger partial charge on any atom is -0.505 e. The van der Waals surface area contributed by atoms with E-state index in [1.54, 1.807) is 4.90 Å².